The van der Waals surface area contributed by atoms with Gasteiger partial charge in [0.25, 0.3) is 5.91 Å². The Morgan fingerprint density at radius 1 is 1.31 bits per heavy atom. The largest absolute Gasteiger partial charge is 0.463 e. The molecule has 0 spiro atoms. The van der Waals surface area contributed by atoms with E-state index in [1.54, 1.807) is 18.4 Å². The van der Waals surface area contributed by atoms with Crippen LogP contribution in [0.5, 0.6) is 0 Å². The Morgan fingerprint density at radius 3 is 3.08 bits per heavy atom. The third-order valence-corrected chi connectivity index (χ3v) is 6.05. The van der Waals surface area contributed by atoms with Gasteiger partial charge < -0.3 is 14.2 Å². The number of carbonyl (C=O) groups is 2. The maximum Gasteiger partial charge on any atom is 0.274 e. The molecule has 2 amide bonds. The summed E-state index contributed by atoms with van der Waals surface area (Å²) in [6, 6.07) is 5.70. The number of rotatable bonds is 2. The van der Waals surface area contributed by atoms with Crippen LogP contribution >= 0.6 is 0 Å². The van der Waals surface area contributed by atoms with E-state index in [1.807, 2.05) is 11.0 Å². The zero-order valence-electron chi connectivity index (χ0n) is 14.6. The molecule has 3 aliphatic heterocycles. The second-order valence-corrected chi connectivity index (χ2v) is 7.72. The summed E-state index contributed by atoms with van der Waals surface area (Å²) in [7, 11) is 0. The highest BCUT2D eigenvalue weighted by molar-refractivity contribution is 5.93. The van der Waals surface area contributed by atoms with Crippen LogP contribution < -0.4 is 0 Å². The highest BCUT2D eigenvalue weighted by Crippen LogP contribution is 2.38. The van der Waals surface area contributed by atoms with E-state index in [9.17, 15) is 9.59 Å². The molecular weight excluding hydrogens is 332 g/mol. The average molecular weight is 354 g/mol. The summed E-state index contributed by atoms with van der Waals surface area (Å²) >= 11 is 0. The standard InChI is InChI=1S/C19H22N4O3/c24-18-5-1-3-16-13-7-12(10-23(16)18)9-22(11-13)19(25)15-8-14(20-21-15)17-4-2-6-26-17/h2,4,6,8,12-13,16H,1,3,5,7,9-11H2,(H,20,21)/t12-,13+,16?/m1/s1. The second-order valence-electron chi connectivity index (χ2n) is 7.72. The Kier molecular flexibility index (Phi) is 3.62. The molecule has 2 aromatic rings. The molecule has 3 fully saturated rings. The molecule has 7 heteroatoms. The van der Waals surface area contributed by atoms with Gasteiger partial charge in [-0.3, -0.25) is 14.7 Å². The van der Waals surface area contributed by atoms with Crippen LogP contribution in [0.1, 0.15) is 36.2 Å². The molecule has 26 heavy (non-hydrogen) atoms. The van der Waals surface area contributed by atoms with E-state index in [2.05, 4.69) is 15.1 Å². The van der Waals surface area contributed by atoms with Gasteiger partial charge in [0.15, 0.2) is 11.5 Å². The third kappa shape index (κ3) is 2.53. The van der Waals surface area contributed by atoms with E-state index in [1.165, 1.54) is 0 Å². The molecule has 0 aromatic carbocycles. The summed E-state index contributed by atoms with van der Waals surface area (Å²) < 4.78 is 5.35. The lowest BCUT2D eigenvalue weighted by Gasteiger charge is -2.52. The van der Waals surface area contributed by atoms with Crippen molar-refractivity contribution in [3.63, 3.8) is 0 Å². The maximum absolute atomic E-state index is 13.0. The Labute approximate surface area is 151 Å². The van der Waals surface area contributed by atoms with Crippen LogP contribution in [0.3, 0.4) is 0 Å². The lowest BCUT2D eigenvalue weighted by molar-refractivity contribution is -0.144. The molecule has 2 aromatic heterocycles. The number of carbonyl (C=O) groups excluding carboxylic acids is 2. The first-order valence-corrected chi connectivity index (χ1v) is 9.37. The first kappa shape index (κ1) is 15.7. The predicted molar refractivity (Wildman–Crippen MR) is 93.1 cm³/mol. The van der Waals surface area contributed by atoms with Gasteiger partial charge in [-0.25, -0.2) is 0 Å². The van der Waals surface area contributed by atoms with Crippen LogP contribution in [0.2, 0.25) is 0 Å². The van der Waals surface area contributed by atoms with E-state index in [0.717, 1.165) is 25.8 Å². The number of furan rings is 1. The first-order chi connectivity index (χ1) is 12.7. The summed E-state index contributed by atoms with van der Waals surface area (Å²) in [6.45, 7) is 2.21. The molecule has 2 bridgehead atoms. The molecule has 0 radical (unpaired) electrons. The van der Waals surface area contributed by atoms with Gasteiger partial charge in [-0.05, 0) is 43.2 Å². The van der Waals surface area contributed by atoms with Crippen molar-refractivity contribution in [3.05, 3.63) is 30.2 Å². The van der Waals surface area contributed by atoms with Gasteiger partial charge >= 0.3 is 0 Å². The number of amides is 2. The van der Waals surface area contributed by atoms with Crippen molar-refractivity contribution < 1.29 is 14.0 Å². The molecule has 0 aliphatic carbocycles. The van der Waals surface area contributed by atoms with Gasteiger partial charge in [0.05, 0.1) is 6.26 Å². The highest BCUT2D eigenvalue weighted by Gasteiger charge is 2.45. The number of likely N-dealkylation sites (tertiary alicyclic amines) is 1. The van der Waals surface area contributed by atoms with Crippen molar-refractivity contribution >= 4 is 11.8 Å². The van der Waals surface area contributed by atoms with E-state index in [0.29, 0.717) is 60.4 Å². The van der Waals surface area contributed by atoms with Gasteiger partial charge in [0.2, 0.25) is 5.91 Å². The van der Waals surface area contributed by atoms with Crippen LogP contribution in [-0.2, 0) is 4.79 Å². The predicted octanol–water partition coefficient (Wildman–Crippen LogP) is 2.14. The molecule has 7 nitrogen and oxygen atoms in total. The number of nitrogens with zero attached hydrogens (tertiary/aromatic N) is 3. The zero-order valence-corrected chi connectivity index (χ0v) is 14.6. The SMILES string of the molecule is O=C(c1cc(-c2ccco2)[nH]n1)N1C[C@H]2C[C@@H](C1)C1CCCC(=O)N1C2. The minimum absolute atomic E-state index is 0.0376. The van der Waals surface area contributed by atoms with Gasteiger partial charge in [0, 0.05) is 38.2 Å². The van der Waals surface area contributed by atoms with E-state index in [4.69, 9.17) is 4.42 Å². The van der Waals surface area contributed by atoms with E-state index < -0.39 is 0 Å². The molecule has 3 saturated heterocycles. The van der Waals surface area contributed by atoms with Crippen molar-refractivity contribution in [2.45, 2.75) is 31.7 Å². The van der Waals surface area contributed by atoms with E-state index >= 15 is 0 Å². The maximum atomic E-state index is 13.0. The molecule has 136 valence electrons. The highest BCUT2D eigenvalue weighted by atomic mass is 16.3. The topological polar surface area (TPSA) is 82.4 Å². The van der Waals surface area contributed by atoms with Crippen LogP contribution in [0, 0.1) is 11.8 Å². The lowest BCUT2D eigenvalue weighted by Crippen LogP contribution is -2.61. The molecular formula is C19H22N4O3. The van der Waals surface area contributed by atoms with Crippen LogP contribution in [0.25, 0.3) is 11.5 Å². The number of nitrogens with one attached hydrogen (secondary N) is 1. The van der Waals surface area contributed by atoms with Gasteiger partial charge in [-0.1, -0.05) is 0 Å². The zero-order chi connectivity index (χ0) is 17.7. The van der Waals surface area contributed by atoms with Crippen molar-refractivity contribution in [1.82, 2.24) is 20.0 Å². The van der Waals surface area contributed by atoms with Gasteiger partial charge in [-0.15, -0.1) is 0 Å². The monoisotopic (exact) mass is 354 g/mol. The van der Waals surface area contributed by atoms with Crippen molar-refractivity contribution in [3.8, 4) is 11.5 Å². The Balaban J connectivity index is 1.34. The fourth-order valence-electron chi connectivity index (χ4n) is 4.93. The number of aromatic amines is 1. The van der Waals surface area contributed by atoms with Gasteiger partial charge in [-0.2, -0.15) is 5.10 Å². The second kappa shape index (κ2) is 6.00. The fraction of sp³-hybridized carbons (Fsp3) is 0.526. The smallest absolute Gasteiger partial charge is 0.274 e. The van der Waals surface area contributed by atoms with Crippen LogP contribution in [0.4, 0.5) is 0 Å². The lowest BCUT2D eigenvalue weighted by atomic mass is 9.76. The minimum atomic E-state index is -0.0376. The Morgan fingerprint density at radius 2 is 2.23 bits per heavy atom. The summed E-state index contributed by atoms with van der Waals surface area (Å²) in [6.07, 6.45) is 5.44. The van der Waals surface area contributed by atoms with Crippen molar-refractivity contribution in [2.24, 2.45) is 11.8 Å². The summed E-state index contributed by atoms with van der Waals surface area (Å²) in [4.78, 5) is 29.2. The fourth-order valence-corrected chi connectivity index (χ4v) is 4.93. The molecule has 5 heterocycles. The van der Waals surface area contributed by atoms with Gasteiger partial charge in [0.1, 0.15) is 5.69 Å². The van der Waals surface area contributed by atoms with E-state index in [-0.39, 0.29) is 5.91 Å². The van der Waals surface area contributed by atoms with Crippen molar-refractivity contribution in [1.29, 1.82) is 0 Å². The molecule has 3 aliphatic rings. The molecule has 1 unspecified atom stereocenters. The summed E-state index contributed by atoms with van der Waals surface area (Å²) in [5.74, 6) is 1.69. The number of hydrogen-bond donors (Lipinski definition) is 1. The number of hydrogen-bond acceptors (Lipinski definition) is 4. The van der Waals surface area contributed by atoms with Crippen LogP contribution in [0.15, 0.2) is 28.9 Å². The number of H-pyrrole nitrogens is 1. The van der Waals surface area contributed by atoms with Crippen molar-refractivity contribution in [2.75, 3.05) is 19.6 Å². The molecule has 0 saturated carbocycles. The number of aromatic nitrogens is 2. The number of piperidine rings is 3. The Hall–Kier alpha value is -2.57. The molecule has 3 atom stereocenters. The Bertz CT molecular complexity index is 828. The molecule has 1 N–H and O–H groups in total. The normalized spacial score (nSPS) is 28.2. The summed E-state index contributed by atoms with van der Waals surface area (Å²) in [5, 5.41) is 7.08. The minimum Gasteiger partial charge on any atom is -0.463 e. The van der Waals surface area contributed by atoms with Crippen LogP contribution in [-0.4, -0.2) is 57.5 Å². The number of fused-ring (bicyclic) bond motifs is 4. The molecule has 5 rings (SSSR count). The quantitative estimate of drug-likeness (QED) is 0.896. The average Bonchev–Trinajstić information content (AvgIpc) is 3.33. The third-order valence-electron chi connectivity index (χ3n) is 6.05. The first-order valence-electron chi connectivity index (χ1n) is 9.37. The summed E-state index contributed by atoms with van der Waals surface area (Å²) in [5.41, 5.74) is 1.13.